The van der Waals surface area contributed by atoms with Crippen molar-refractivity contribution in [2.24, 2.45) is 4.99 Å². The Hall–Kier alpha value is -3.25. The standard InChI is InChI=1S/C23H15BrFNO3/c24-18-9-5-8-16(12-18)22-26-20(23(27)29-22)13-15-6-2-4-11-21(15)28-14-17-7-1-3-10-19(17)25/h1-13H,14H2/b20-13-. The lowest BCUT2D eigenvalue weighted by Gasteiger charge is -2.10. The zero-order valence-electron chi connectivity index (χ0n) is 15.1. The Balaban J connectivity index is 1.59. The van der Waals surface area contributed by atoms with Gasteiger partial charge in [-0.2, -0.15) is 0 Å². The number of nitrogens with zero attached hydrogens (tertiary/aromatic N) is 1. The van der Waals surface area contributed by atoms with E-state index < -0.39 is 5.97 Å². The van der Waals surface area contributed by atoms with Gasteiger partial charge in [-0.1, -0.05) is 58.4 Å². The van der Waals surface area contributed by atoms with Crippen LogP contribution in [0.4, 0.5) is 4.39 Å². The quantitative estimate of drug-likeness (QED) is 0.379. The smallest absolute Gasteiger partial charge is 0.363 e. The normalized spacial score (nSPS) is 14.6. The van der Waals surface area contributed by atoms with Crippen molar-refractivity contribution in [3.8, 4) is 5.75 Å². The van der Waals surface area contributed by atoms with E-state index in [0.717, 1.165) is 4.47 Å². The van der Waals surface area contributed by atoms with Crippen LogP contribution in [0.2, 0.25) is 0 Å². The molecule has 0 radical (unpaired) electrons. The molecule has 3 aromatic carbocycles. The molecule has 1 heterocycles. The molecule has 1 aliphatic rings. The molecule has 0 aromatic heterocycles. The van der Waals surface area contributed by atoms with Gasteiger partial charge in [-0.3, -0.25) is 0 Å². The Morgan fingerprint density at radius 1 is 1.03 bits per heavy atom. The molecule has 6 heteroatoms. The summed E-state index contributed by atoms with van der Waals surface area (Å²) in [7, 11) is 0. The summed E-state index contributed by atoms with van der Waals surface area (Å²) in [6.45, 7) is 0.0733. The minimum absolute atomic E-state index is 0.0733. The third-order valence-electron chi connectivity index (χ3n) is 4.24. The van der Waals surface area contributed by atoms with E-state index in [0.29, 0.717) is 22.4 Å². The summed E-state index contributed by atoms with van der Waals surface area (Å²) in [5.41, 5.74) is 1.96. The van der Waals surface area contributed by atoms with Crippen molar-refractivity contribution >= 4 is 33.9 Å². The SMILES string of the molecule is O=C1OC(c2cccc(Br)c2)=N/C1=C\c1ccccc1OCc1ccccc1F. The second kappa shape index (κ2) is 8.41. The number of ether oxygens (including phenoxy) is 2. The molecule has 3 aromatic rings. The number of benzene rings is 3. The lowest BCUT2D eigenvalue weighted by Crippen LogP contribution is -2.05. The number of hydrogen-bond acceptors (Lipinski definition) is 4. The summed E-state index contributed by atoms with van der Waals surface area (Å²) in [4.78, 5) is 16.6. The number of halogens is 2. The van der Waals surface area contributed by atoms with Crippen LogP contribution >= 0.6 is 15.9 Å². The highest BCUT2D eigenvalue weighted by atomic mass is 79.9. The first-order valence-corrected chi connectivity index (χ1v) is 9.63. The van der Waals surface area contributed by atoms with Gasteiger partial charge in [0.25, 0.3) is 0 Å². The summed E-state index contributed by atoms with van der Waals surface area (Å²) < 4.78 is 25.8. The molecule has 4 nitrogen and oxygen atoms in total. The highest BCUT2D eigenvalue weighted by Crippen LogP contribution is 2.26. The van der Waals surface area contributed by atoms with Crippen LogP contribution in [0.1, 0.15) is 16.7 Å². The zero-order valence-corrected chi connectivity index (χ0v) is 16.7. The number of rotatable bonds is 5. The lowest BCUT2D eigenvalue weighted by atomic mass is 10.1. The van der Waals surface area contributed by atoms with Gasteiger partial charge in [0.05, 0.1) is 0 Å². The first-order valence-electron chi connectivity index (χ1n) is 8.84. The van der Waals surface area contributed by atoms with Crippen LogP contribution in [0, 0.1) is 5.82 Å². The molecule has 0 unspecified atom stereocenters. The molecule has 0 spiro atoms. The largest absolute Gasteiger partial charge is 0.488 e. The number of aliphatic imine (C=N–C) groups is 1. The highest BCUT2D eigenvalue weighted by molar-refractivity contribution is 9.10. The van der Waals surface area contributed by atoms with Crippen LogP contribution in [-0.4, -0.2) is 11.9 Å². The van der Waals surface area contributed by atoms with E-state index in [1.165, 1.54) is 6.07 Å². The number of cyclic esters (lactones) is 1. The van der Waals surface area contributed by atoms with E-state index in [4.69, 9.17) is 9.47 Å². The summed E-state index contributed by atoms with van der Waals surface area (Å²) in [6.07, 6.45) is 1.60. The van der Waals surface area contributed by atoms with Crippen LogP contribution in [0.5, 0.6) is 5.75 Å². The maximum absolute atomic E-state index is 13.8. The first kappa shape index (κ1) is 19.1. The lowest BCUT2D eigenvalue weighted by molar-refractivity contribution is -0.129. The Morgan fingerprint density at radius 3 is 2.66 bits per heavy atom. The van der Waals surface area contributed by atoms with E-state index >= 15 is 0 Å². The molecular formula is C23H15BrFNO3. The zero-order chi connectivity index (χ0) is 20.2. The minimum Gasteiger partial charge on any atom is -0.488 e. The molecule has 0 bridgehead atoms. The molecular weight excluding hydrogens is 437 g/mol. The molecule has 4 rings (SSSR count). The van der Waals surface area contributed by atoms with Crippen LogP contribution in [0.3, 0.4) is 0 Å². The van der Waals surface area contributed by atoms with E-state index in [1.54, 1.807) is 36.4 Å². The molecule has 0 atom stereocenters. The predicted molar refractivity (Wildman–Crippen MR) is 112 cm³/mol. The maximum Gasteiger partial charge on any atom is 0.363 e. The van der Waals surface area contributed by atoms with Crippen molar-refractivity contribution in [1.29, 1.82) is 0 Å². The number of hydrogen-bond donors (Lipinski definition) is 0. The monoisotopic (exact) mass is 451 g/mol. The Bertz CT molecular complexity index is 1140. The molecule has 1 aliphatic heterocycles. The Kier molecular flexibility index (Phi) is 5.53. The van der Waals surface area contributed by atoms with E-state index in [9.17, 15) is 9.18 Å². The number of para-hydroxylation sites is 1. The maximum atomic E-state index is 13.8. The topological polar surface area (TPSA) is 47.9 Å². The van der Waals surface area contributed by atoms with Gasteiger partial charge in [-0.15, -0.1) is 0 Å². The number of esters is 1. The van der Waals surface area contributed by atoms with Crippen LogP contribution in [-0.2, 0) is 16.1 Å². The molecule has 0 saturated heterocycles. The van der Waals surface area contributed by atoms with Crippen LogP contribution in [0.25, 0.3) is 6.08 Å². The molecule has 0 fully saturated rings. The fourth-order valence-corrected chi connectivity index (χ4v) is 3.20. The molecule has 144 valence electrons. The fourth-order valence-electron chi connectivity index (χ4n) is 2.80. The number of carbonyl (C=O) groups excluding carboxylic acids is 1. The van der Waals surface area contributed by atoms with Crippen molar-refractivity contribution < 1.29 is 18.7 Å². The second-order valence-corrected chi connectivity index (χ2v) is 7.18. The minimum atomic E-state index is -0.538. The summed E-state index contributed by atoms with van der Waals surface area (Å²) in [5.74, 6) is -0.107. The van der Waals surface area contributed by atoms with Gasteiger partial charge in [0.1, 0.15) is 18.2 Å². The van der Waals surface area contributed by atoms with Gasteiger partial charge >= 0.3 is 5.97 Å². The summed E-state index contributed by atoms with van der Waals surface area (Å²) in [6, 6.07) is 21.0. The average Bonchev–Trinajstić information content (AvgIpc) is 3.09. The van der Waals surface area contributed by atoms with Gasteiger partial charge < -0.3 is 9.47 Å². The molecule has 0 N–H and O–H groups in total. The Morgan fingerprint density at radius 2 is 1.83 bits per heavy atom. The third-order valence-corrected chi connectivity index (χ3v) is 4.74. The van der Waals surface area contributed by atoms with Gasteiger partial charge in [0.2, 0.25) is 5.90 Å². The Labute approximate surface area is 175 Å². The van der Waals surface area contributed by atoms with Gasteiger partial charge in [0.15, 0.2) is 5.70 Å². The second-order valence-electron chi connectivity index (χ2n) is 6.26. The predicted octanol–water partition coefficient (Wildman–Crippen LogP) is 5.51. The van der Waals surface area contributed by atoms with Crippen molar-refractivity contribution in [1.82, 2.24) is 0 Å². The van der Waals surface area contributed by atoms with Crippen molar-refractivity contribution in [2.45, 2.75) is 6.61 Å². The van der Waals surface area contributed by atoms with Gasteiger partial charge in [-0.05, 0) is 36.4 Å². The van der Waals surface area contributed by atoms with Gasteiger partial charge in [-0.25, -0.2) is 14.2 Å². The van der Waals surface area contributed by atoms with Crippen molar-refractivity contribution in [3.63, 3.8) is 0 Å². The average molecular weight is 452 g/mol. The van der Waals surface area contributed by atoms with Crippen molar-refractivity contribution in [3.05, 3.63) is 105 Å². The molecule has 29 heavy (non-hydrogen) atoms. The van der Waals surface area contributed by atoms with E-state index in [2.05, 4.69) is 20.9 Å². The first-order chi connectivity index (χ1) is 14.1. The van der Waals surface area contributed by atoms with E-state index in [-0.39, 0.29) is 24.0 Å². The molecule has 0 aliphatic carbocycles. The fraction of sp³-hybridized carbons (Fsp3) is 0.0435. The summed E-state index contributed by atoms with van der Waals surface area (Å²) in [5, 5.41) is 0. The van der Waals surface area contributed by atoms with Crippen molar-refractivity contribution in [2.75, 3.05) is 0 Å². The highest BCUT2D eigenvalue weighted by Gasteiger charge is 2.24. The van der Waals surface area contributed by atoms with E-state index in [1.807, 2.05) is 36.4 Å². The van der Waals surface area contributed by atoms with Crippen LogP contribution < -0.4 is 4.74 Å². The van der Waals surface area contributed by atoms with Gasteiger partial charge in [0, 0.05) is 21.2 Å². The summed E-state index contributed by atoms with van der Waals surface area (Å²) >= 11 is 3.39. The van der Waals surface area contributed by atoms with Crippen LogP contribution in [0.15, 0.2) is 88.0 Å². The molecule has 0 saturated carbocycles. The molecule has 0 amide bonds. The number of carbonyl (C=O) groups is 1. The third kappa shape index (κ3) is 4.43.